The van der Waals surface area contributed by atoms with Crippen LogP contribution in [0.2, 0.25) is 5.02 Å². The van der Waals surface area contributed by atoms with Crippen molar-refractivity contribution in [2.75, 3.05) is 5.32 Å². The molecule has 0 bridgehead atoms. The largest absolute Gasteiger partial charge is 0.478 e. The third-order valence-corrected chi connectivity index (χ3v) is 3.00. The van der Waals surface area contributed by atoms with Gasteiger partial charge in [-0.3, -0.25) is 0 Å². The molecule has 0 unspecified atom stereocenters. The van der Waals surface area contributed by atoms with Gasteiger partial charge in [-0.15, -0.1) is 0 Å². The first-order valence-electron chi connectivity index (χ1n) is 6.64. The number of anilines is 2. The average Bonchev–Trinajstić information content (AvgIpc) is 2.47. The first-order valence-corrected chi connectivity index (χ1v) is 7.02. The van der Waals surface area contributed by atoms with Gasteiger partial charge in [0.15, 0.2) is 11.6 Å². The number of nitrogens with one attached hydrogen (secondary N) is 1. The maximum absolute atomic E-state index is 13.2. The second-order valence-electron chi connectivity index (χ2n) is 4.23. The number of rotatable bonds is 3. The molecule has 3 nitrogen and oxygen atoms in total. The van der Waals surface area contributed by atoms with Crippen LogP contribution < -0.4 is 5.32 Å². The van der Waals surface area contributed by atoms with Crippen LogP contribution in [0.5, 0.6) is 0 Å². The summed E-state index contributed by atoms with van der Waals surface area (Å²) in [7, 11) is 0. The zero-order chi connectivity index (χ0) is 16.9. The minimum absolute atomic E-state index is 0.0675. The lowest BCUT2D eigenvalue weighted by atomic mass is 10.1. The van der Waals surface area contributed by atoms with Gasteiger partial charge >= 0.3 is 5.97 Å². The van der Waals surface area contributed by atoms with E-state index in [1.54, 1.807) is 18.2 Å². The van der Waals surface area contributed by atoms with Crippen LogP contribution in [-0.4, -0.2) is 11.1 Å². The van der Waals surface area contributed by atoms with Crippen LogP contribution in [0.15, 0.2) is 30.3 Å². The van der Waals surface area contributed by atoms with Gasteiger partial charge in [0.25, 0.3) is 0 Å². The maximum atomic E-state index is 13.2. The SMILES string of the molecule is CC.Cc1ccc(Nc2cc(F)c(F)cc2C(=O)O)c(Cl)c1. The molecule has 0 aliphatic heterocycles. The number of carbonyl (C=O) groups is 1. The smallest absolute Gasteiger partial charge is 0.337 e. The minimum atomic E-state index is -1.37. The fraction of sp³-hybridized carbons (Fsp3) is 0.188. The van der Waals surface area contributed by atoms with E-state index in [9.17, 15) is 13.6 Å². The Morgan fingerprint density at radius 1 is 1.09 bits per heavy atom. The van der Waals surface area contributed by atoms with E-state index in [0.717, 1.165) is 11.6 Å². The van der Waals surface area contributed by atoms with Gasteiger partial charge in [0, 0.05) is 6.07 Å². The predicted molar refractivity (Wildman–Crippen MR) is 84.1 cm³/mol. The standard InChI is InChI=1S/C14H10ClF2NO2.C2H6/c1-7-2-3-12(9(15)4-7)18-13-6-11(17)10(16)5-8(13)14(19)20;1-2/h2-6,18H,1H3,(H,19,20);1-2H3. The average molecular weight is 328 g/mol. The molecule has 0 fully saturated rings. The Balaban J connectivity index is 0.00000116. The van der Waals surface area contributed by atoms with E-state index in [1.807, 2.05) is 20.8 Å². The van der Waals surface area contributed by atoms with Gasteiger partial charge in [-0.25, -0.2) is 13.6 Å². The number of hydrogen-bond acceptors (Lipinski definition) is 2. The first-order chi connectivity index (χ1) is 10.4. The molecule has 6 heteroatoms. The van der Waals surface area contributed by atoms with Crippen molar-refractivity contribution in [2.24, 2.45) is 0 Å². The first kappa shape index (κ1) is 17.9. The highest BCUT2D eigenvalue weighted by Crippen LogP contribution is 2.29. The van der Waals surface area contributed by atoms with Crippen LogP contribution in [0.25, 0.3) is 0 Å². The van der Waals surface area contributed by atoms with Crippen molar-refractivity contribution < 1.29 is 18.7 Å². The van der Waals surface area contributed by atoms with Crippen molar-refractivity contribution in [2.45, 2.75) is 20.8 Å². The molecule has 0 saturated carbocycles. The number of carboxylic acids is 1. The van der Waals surface area contributed by atoms with Gasteiger partial charge in [0.05, 0.1) is 22.0 Å². The lowest BCUT2D eigenvalue weighted by Crippen LogP contribution is -2.05. The van der Waals surface area contributed by atoms with Gasteiger partial charge in [0.2, 0.25) is 0 Å². The number of hydrogen-bond donors (Lipinski definition) is 2. The predicted octanol–water partition coefficient (Wildman–Crippen LogP) is 5.39. The molecule has 2 N–H and O–H groups in total. The highest BCUT2D eigenvalue weighted by atomic mass is 35.5. The Bertz CT molecular complexity index is 690. The molecule has 2 aromatic rings. The van der Waals surface area contributed by atoms with Crippen LogP contribution in [0, 0.1) is 18.6 Å². The van der Waals surface area contributed by atoms with Crippen molar-refractivity contribution in [3.8, 4) is 0 Å². The maximum Gasteiger partial charge on any atom is 0.337 e. The Labute approximate surface area is 132 Å². The molecule has 0 aliphatic carbocycles. The van der Waals surface area contributed by atoms with Crippen LogP contribution in [0.3, 0.4) is 0 Å². The minimum Gasteiger partial charge on any atom is -0.478 e. The number of aromatic carboxylic acids is 1. The van der Waals surface area contributed by atoms with E-state index in [1.165, 1.54) is 0 Å². The van der Waals surface area contributed by atoms with E-state index >= 15 is 0 Å². The normalized spacial score (nSPS) is 9.73. The van der Waals surface area contributed by atoms with Crippen molar-refractivity contribution in [3.63, 3.8) is 0 Å². The van der Waals surface area contributed by atoms with E-state index in [0.29, 0.717) is 16.8 Å². The van der Waals surface area contributed by atoms with Crippen molar-refractivity contribution in [1.82, 2.24) is 0 Å². The lowest BCUT2D eigenvalue weighted by molar-refractivity contribution is 0.0697. The molecule has 2 rings (SSSR count). The zero-order valence-electron chi connectivity index (χ0n) is 12.4. The monoisotopic (exact) mass is 327 g/mol. The van der Waals surface area contributed by atoms with E-state index < -0.39 is 17.6 Å². The van der Waals surface area contributed by atoms with Crippen molar-refractivity contribution in [1.29, 1.82) is 0 Å². The van der Waals surface area contributed by atoms with Crippen LogP contribution in [-0.2, 0) is 0 Å². The number of carboxylic acid groups (broad SMARTS) is 1. The summed E-state index contributed by atoms with van der Waals surface area (Å²) in [4.78, 5) is 11.1. The molecule has 0 saturated heterocycles. The molecular formula is C16H16ClF2NO2. The van der Waals surface area contributed by atoms with Crippen molar-refractivity contribution in [3.05, 3.63) is 58.1 Å². The summed E-state index contributed by atoms with van der Waals surface area (Å²) in [6.07, 6.45) is 0. The quantitative estimate of drug-likeness (QED) is 0.794. The summed E-state index contributed by atoms with van der Waals surface area (Å²) >= 11 is 6.00. The van der Waals surface area contributed by atoms with E-state index in [-0.39, 0.29) is 11.3 Å². The number of halogens is 3. The number of benzene rings is 2. The van der Waals surface area contributed by atoms with Crippen LogP contribution in [0.1, 0.15) is 29.8 Å². The molecule has 0 amide bonds. The Morgan fingerprint density at radius 3 is 2.23 bits per heavy atom. The molecule has 0 aromatic heterocycles. The summed E-state index contributed by atoms with van der Waals surface area (Å²) in [5.41, 5.74) is 0.887. The summed E-state index contributed by atoms with van der Waals surface area (Å²) in [5.74, 6) is -3.72. The fourth-order valence-corrected chi connectivity index (χ4v) is 1.98. The Kier molecular flexibility index (Phi) is 6.31. The molecule has 118 valence electrons. The summed E-state index contributed by atoms with van der Waals surface area (Å²) in [6, 6.07) is 6.47. The lowest BCUT2D eigenvalue weighted by Gasteiger charge is -2.12. The third-order valence-electron chi connectivity index (χ3n) is 2.68. The molecular weight excluding hydrogens is 312 g/mol. The fourth-order valence-electron chi connectivity index (χ4n) is 1.69. The van der Waals surface area contributed by atoms with Gasteiger partial charge in [-0.1, -0.05) is 31.5 Å². The second kappa shape index (κ2) is 7.75. The molecule has 0 spiro atoms. The Hall–Kier alpha value is -2.14. The molecule has 0 aliphatic rings. The van der Waals surface area contributed by atoms with Crippen molar-refractivity contribution >= 4 is 28.9 Å². The summed E-state index contributed by atoms with van der Waals surface area (Å²) < 4.78 is 26.3. The molecule has 0 atom stereocenters. The number of aryl methyl sites for hydroxylation is 1. The van der Waals surface area contributed by atoms with E-state index in [4.69, 9.17) is 16.7 Å². The molecule has 2 aromatic carbocycles. The Morgan fingerprint density at radius 2 is 1.68 bits per heavy atom. The van der Waals surface area contributed by atoms with Gasteiger partial charge in [0.1, 0.15) is 0 Å². The topological polar surface area (TPSA) is 49.3 Å². The molecule has 22 heavy (non-hydrogen) atoms. The van der Waals surface area contributed by atoms with E-state index in [2.05, 4.69) is 5.32 Å². The highest BCUT2D eigenvalue weighted by Gasteiger charge is 2.16. The van der Waals surface area contributed by atoms with Crippen LogP contribution >= 0.6 is 11.6 Å². The molecule has 0 radical (unpaired) electrons. The summed E-state index contributed by atoms with van der Waals surface area (Å²) in [5, 5.41) is 12.1. The van der Waals surface area contributed by atoms with Gasteiger partial charge in [-0.05, 0) is 30.7 Å². The van der Waals surface area contributed by atoms with Gasteiger partial charge < -0.3 is 10.4 Å². The van der Waals surface area contributed by atoms with Crippen LogP contribution in [0.4, 0.5) is 20.2 Å². The summed E-state index contributed by atoms with van der Waals surface area (Å²) in [6.45, 7) is 5.84. The zero-order valence-corrected chi connectivity index (χ0v) is 13.1. The highest BCUT2D eigenvalue weighted by molar-refractivity contribution is 6.33. The molecule has 0 heterocycles. The third kappa shape index (κ3) is 4.18. The second-order valence-corrected chi connectivity index (χ2v) is 4.63. The van der Waals surface area contributed by atoms with Gasteiger partial charge in [-0.2, -0.15) is 0 Å².